The Morgan fingerprint density at radius 1 is 1.24 bits per heavy atom. The Bertz CT molecular complexity index is 823. The molecule has 0 bridgehead atoms. The zero-order valence-corrected chi connectivity index (χ0v) is 14.4. The van der Waals surface area contributed by atoms with Gasteiger partial charge in [-0.05, 0) is 45.0 Å². The average molecular weight is 339 g/mol. The van der Waals surface area contributed by atoms with Crippen molar-refractivity contribution in [3.8, 4) is 5.69 Å². The molecule has 1 aromatic carbocycles. The molecule has 0 saturated heterocycles. The van der Waals surface area contributed by atoms with Gasteiger partial charge < -0.3 is 5.32 Å². The summed E-state index contributed by atoms with van der Waals surface area (Å²) in [6.07, 6.45) is 4.88. The van der Waals surface area contributed by atoms with Crippen LogP contribution in [-0.4, -0.2) is 36.9 Å². The third kappa shape index (κ3) is 3.92. The van der Waals surface area contributed by atoms with Gasteiger partial charge in [0.15, 0.2) is 0 Å². The van der Waals surface area contributed by atoms with Gasteiger partial charge in [-0.15, -0.1) is 0 Å². The highest BCUT2D eigenvalue weighted by Gasteiger charge is 2.18. The molecule has 0 aliphatic carbocycles. The maximum atomic E-state index is 12.4. The minimum atomic E-state index is -0.348. The lowest BCUT2D eigenvalue weighted by Crippen LogP contribution is -2.39. The van der Waals surface area contributed by atoms with E-state index in [4.69, 9.17) is 0 Å². The standard InChI is InChI=1S/C17H21N7O/c1-11(16-8-19-23-12(16)2)21-13(3)17(25)22-14-4-6-15(7-5-14)24-10-18-9-20-24/h4-11,13,21H,1-3H3,(H,19,23)(H,22,25). The smallest absolute Gasteiger partial charge is 0.241 e. The molecular weight excluding hydrogens is 318 g/mol. The number of aromatic nitrogens is 5. The SMILES string of the molecule is Cc1[nH]ncc1C(C)NC(C)C(=O)Nc1ccc(-n2cncn2)cc1. The molecule has 1 amide bonds. The van der Waals surface area contributed by atoms with Crippen LogP contribution in [-0.2, 0) is 4.79 Å². The molecule has 3 aromatic rings. The van der Waals surface area contributed by atoms with Crippen LogP contribution < -0.4 is 10.6 Å². The Kier molecular flexibility index (Phi) is 4.90. The number of H-pyrrole nitrogens is 1. The van der Waals surface area contributed by atoms with Gasteiger partial charge in [-0.25, -0.2) is 9.67 Å². The van der Waals surface area contributed by atoms with Crippen molar-refractivity contribution in [1.82, 2.24) is 30.3 Å². The number of hydrogen-bond donors (Lipinski definition) is 3. The first-order valence-corrected chi connectivity index (χ1v) is 8.06. The van der Waals surface area contributed by atoms with Crippen molar-refractivity contribution in [2.45, 2.75) is 32.9 Å². The summed E-state index contributed by atoms with van der Waals surface area (Å²) >= 11 is 0. The number of carbonyl (C=O) groups excluding carboxylic acids is 1. The van der Waals surface area contributed by atoms with Gasteiger partial charge in [0.2, 0.25) is 5.91 Å². The van der Waals surface area contributed by atoms with Gasteiger partial charge in [-0.2, -0.15) is 10.2 Å². The molecule has 0 aliphatic rings. The van der Waals surface area contributed by atoms with Crippen LogP contribution in [0.15, 0.2) is 43.1 Å². The van der Waals surface area contributed by atoms with Gasteiger partial charge in [0.1, 0.15) is 12.7 Å². The molecule has 0 spiro atoms. The first kappa shape index (κ1) is 16.8. The highest BCUT2D eigenvalue weighted by molar-refractivity contribution is 5.94. The zero-order chi connectivity index (χ0) is 17.8. The first-order chi connectivity index (χ1) is 12.0. The molecule has 2 atom stereocenters. The van der Waals surface area contributed by atoms with Crippen molar-refractivity contribution >= 4 is 11.6 Å². The third-order valence-electron chi connectivity index (χ3n) is 4.05. The summed E-state index contributed by atoms with van der Waals surface area (Å²) in [6, 6.07) is 7.10. The Balaban J connectivity index is 1.59. The zero-order valence-electron chi connectivity index (χ0n) is 14.4. The minimum absolute atomic E-state index is 0.0224. The molecule has 0 aliphatic heterocycles. The molecule has 0 fully saturated rings. The fourth-order valence-electron chi connectivity index (χ4n) is 2.63. The number of nitrogens with one attached hydrogen (secondary N) is 3. The van der Waals surface area contributed by atoms with Gasteiger partial charge >= 0.3 is 0 Å². The van der Waals surface area contributed by atoms with Gasteiger partial charge in [-0.1, -0.05) is 0 Å². The number of rotatable bonds is 6. The molecule has 0 saturated carbocycles. The predicted octanol–water partition coefficient (Wildman–Crippen LogP) is 1.98. The lowest BCUT2D eigenvalue weighted by molar-refractivity contribution is -0.117. The second kappa shape index (κ2) is 7.27. The largest absolute Gasteiger partial charge is 0.325 e. The Labute approximate surface area is 145 Å². The van der Waals surface area contributed by atoms with Crippen LogP contribution in [0.5, 0.6) is 0 Å². The van der Waals surface area contributed by atoms with Gasteiger partial charge in [-0.3, -0.25) is 15.2 Å². The quantitative estimate of drug-likeness (QED) is 0.637. The number of aryl methyl sites for hydroxylation is 1. The second-order valence-electron chi connectivity index (χ2n) is 5.94. The lowest BCUT2D eigenvalue weighted by Gasteiger charge is -2.19. The van der Waals surface area contributed by atoms with E-state index < -0.39 is 0 Å². The van der Waals surface area contributed by atoms with E-state index in [9.17, 15) is 4.79 Å². The molecule has 8 nitrogen and oxygen atoms in total. The molecule has 8 heteroatoms. The van der Waals surface area contributed by atoms with Crippen molar-refractivity contribution in [1.29, 1.82) is 0 Å². The normalized spacial score (nSPS) is 13.4. The number of amides is 1. The molecule has 0 radical (unpaired) electrons. The summed E-state index contributed by atoms with van der Waals surface area (Å²) in [5, 5.41) is 17.2. The number of nitrogens with zero attached hydrogens (tertiary/aromatic N) is 4. The average Bonchev–Trinajstić information content (AvgIpc) is 3.27. The van der Waals surface area contributed by atoms with Crippen LogP contribution >= 0.6 is 0 Å². The molecule has 25 heavy (non-hydrogen) atoms. The van der Waals surface area contributed by atoms with Crippen LogP contribution in [0.1, 0.15) is 31.1 Å². The van der Waals surface area contributed by atoms with E-state index in [0.29, 0.717) is 0 Å². The summed E-state index contributed by atoms with van der Waals surface area (Å²) in [6.45, 7) is 5.81. The van der Waals surface area contributed by atoms with Crippen LogP contribution in [0, 0.1) is 6.92 Å². The number of benzene rings is 1. The Morgan fingerprint density at radius 2 is 2.00 bits per heavy atom. The number of hydrogen-bond acceptors (Lipinski definition) is 5. The molecule has 3 rings (SSSR count). The van der Waals surface area contributed by atoms with Gasteiger partial charge in [0, 0.05) is 23.0 Å². The van der Waals surface area contributed by atoms with Gasteiger partial charge in [0.25, 0.3) is 0 Å². The number of carbonyl (C=O) groups is 1. The molecule has 2 heterocycles. The Morgan fingerprint density at radius 3 is 2.60 bits per heavy atom. The summed E-state index contributed by atoms with van der Waals surface area (Å²) < 4.78 is 1.66. The molecular formula is C17H21N7O. The molecule has 2 unspecified atom stereocenters. The van der Waals surface area contributed by atoms with E-state index in [0.717, 1.165) is 22.6 Å². The predicted molar refractivity (Wildman–Crippen MR) is 94.3 cm³/mol. The van der Waals surface area contributed by atoms with Crippen molar-refractivity contribution in [2.24, 2.45) is 0 Å². The molecule has 3 N–H and O–H groups in total. The van der Waals surface area contributed by atoms with Crippen LogP contribution in [0.2, 0.25) is 0 Å². The fourth-order valence-corrected chi connectivity index (χ4v) is 2.63. The maximum absolute atomic E-state index is 12.4. The highest BCUT2D eigenvalue weighted by atomic mass is 16.2. The summed E-state index contributed by atoms with van der Waals surface area (Å²) in [4.78, 5) is 16.3. The second-order valence-corrected chi connectivity index (χ2v) is 5.94. The molecule has 2 aromatic heterocycles. The fraction of sp³-hybridized carbons (Fsp3) is 0.294. The van der Waals surface area contributed by atoms with Crippen molar-refractivity contribution < 1.29 is 4.79 Å². The van der Waals surface area contributed by atoms with Crippen molar-refractivity contribution in [2.75, 3.05) is 5.32 Å². The third-order valence-corrected chi connectivity index (χ3v) is 4.05. The topological polar surface area (TPSA) is 101 Å². The summed E-state index contributed by atoms with van der Waals surface area (Å²) in [5.41, 5.74) is 3.66. The number of anilines is 1. The summed E-state index contributed by atoms with van der Waals surface area (Å²) in [5.74, 6) is -0.0958. The number of aromatic amines is 1. The highest BCUT2D eigenvalue weighted by Crippen LogP contribution is 2.16. The van der Waals surface area contributed by atoms with E-state index in [1.807, 2.05) is 45.0 Å². The van der Waals surface area contributed by atoms with E-state index in [1.54, 1.807) is 17.2 Å². The van der Waals surface area contributed by atoms with E-state index in [-0.39, 0.29) is 18.0 Å². The van der Waals surface area contributed by atoms with E-state index in [1.165, 1.54) is 6.33 Å². The van der Waals surface area contributed by atoms with Crippen molar-refractivity contribution in [3.05, 3.63) is 54.4 Å². The lowest BCUT2D eigenvalue weighted by atomic mass is 10.1. The van der Waals surface area contributed by atoms with Gasteiger partial charge in [0.05, 0.1) is 17.9 Å². The Hall–Kier alpha value is -3.00. The maximum Gasteiger partial charge on any atom is 0.241 e. The van der Waals surface area contributed by atoms with E-state index >= 15 is 0 Å². The minimum Gasteiger partial charge on any atom is -0.325 e. The monoisotopic (exact) mass is 339 g/mol. The van der Waals surface area contributed by atoms with Crippen LogP contribution in [0.3, 0.4) is 0 Å². The van der Waals surface area contributed by atoms with Crippen LogP contribution in [0.4, 0.5) is 5.69 Å². The first-order valence-electron chi connectivity index (χ1n) is 8.06. The molecule has 130 valence electrons. The van der Waals surface area contributed by atoms with Crippen molar-refractivity contribution in [3.63, 3.8) is 0 Å². The van der Waals surface area contributed by atoms with Crippen LogP contribution in [0.25, 0.3) is 5.69 Å². The summed E-state index contributed by atoms with van der Waals surface area (Å²) in [7, 11) is 0. The van der Waals surface area contributed by atoms with E-state index in [2.05, 4.69) is 30.9 Å².